The quantitative estimate of drug-likeness (QED) is 0.610. The summed E-state index contributed by atoms with van der Waals surface area (Å²) in [4.78, 5) is 15.1. The average molecular weight is 176 g/mol. The van der Waals surface area contributed by atoms with Gasteiger partial charge in [-0.05, 0) is 19.1 Å². The fourth-order valence-electron chi connectivity index (χ4n) is 1.10. The van der Waals surface area contributed by atoms with Crippen LogP contribution in [0, 0.1) is 6.92 Å². The number of nitrogens with two attached hydrogens (primary N) is 1. The van der Waals surface area contributed by atoms with Crippen molar-refractivity contribution in [3.8, 4) is 0 Å². The van der Waals surface area contributed by atoms with E-state index in [-0.39, 0.29) is 0 Å². The van der Waals surface area contributed by atoms with Crippen molar-refractivity contribution < 1.29 is 4.42 Å². The molecule has 0 radical (unpaired) electrons. The Kier molecular flexibility index (Phi) is 1.55. The van der Waals surface area contributed by atoms with Crippen LogP contribution in [0.15, 0.2) is 27.4 Å². The van der Waals surface area contributed by atoms with Crippen molar-refractivity contribution in [3.63, 3.8) is 0 Å². The van der Waals surface area contributed by atoms with Crippen molar-refractivity contribution in [2.24, 2.45) is 0 Å². The number of nitrogens with zero attached hydrogens (tertiary/aromatic N) is 1. The standard InChI is InChI=1S/C9H8N2O2/c1-5-9(12)13-8-4-6(10)2-3-7(8)11-5/h2-4H,10H2,1H3. The van der Waals surface area contributed by atoms with Gasteiger partial charge < -0.3 is 10.2 Å². The molecular weight excluding hydrogens is 168 g/mol. The summed E-state index contributed by atoms with van der Waals surface area (Å²) < 4.78 is 4.98. The highest BCUT2D eigenvalue weighted by atomic mass is 16.4. The molecule has 13 heavy (non-hydrogen) atoms. The summed E-state index contributed by atoms with van der Waals surface area (Å²) in [6, 6.07) is 5.03. The van der Waals surface area contributed by atoms with Gasteiger partial charge in [0.1, 0.15) is 11.2 Å². The minimum absolute atomic E-state index is 0.359. The Morgan fingerprint density at radius 1 is 1.46 bits per heavy atom. The Morgan fingerprint density at radius 3 is 3.00 bits per heavy atom. The van der Waals surface area contributed by atoms with Gasteiger partial charge in [0, 0.05) is 11.8 Å². The number of fused-ring (bicyclic) bond motifs is 1. The summed E-state index contributed by atoms with van der Waals surface area (Å²) >= 11 is 0. The van der Waals surface area contributed by atoms with Gasteiger partial charge in [0.15, 0.2) is 5.58 Å². The van der Waals surface area contributed by atoms with Crippen molar-refractivity contribution in [3.05, 3.63) is 34.3 Å². The molecule has 0 unspecified atom stereocenters. The Labute approximate surface area is 74.0 Å². The third-order valence-electron chi connectivity index (χ3n) is 1.77. The average Bonchev–Trinajstić information content (AvgIpc) is 2.08. The molecule has 2 N–H and O–H groups in total. The largest absolute Gasteiger partial charge is 0.420 e. The number of anilines is 1. The van der Waals surface area contributed by atoms with Crippen LogP contribution in [-0.4, -0.2) is 4.98 Å². The molecule has 0 amide bonds. The summed E-state index contributed by atoms with van der Waals surface area (Å²) in [6.45, 7) is 1.61. The van der Waals surface area contributed by atoms with Gasteiger partial charge in [-0.25, -0.2) is 9.78 Å². The van der Waals surface area contributed by atoms with E-state index in [9.17, 15) is 4.79 Å². The molecule has 0 aliphatic heterocycles. The second-order valence-electron chi connectivity index (χ2n) is 2.81. The van der Waals surface area contributed by atoms with Crippen molar-refractivity contribution in [1.29, 1.82) is 0 Å². The summed E-state index contributed by atoms with van der Waals surface area (Å²) in [7, 11) is 0. The highest BCUT2D eigenvalue weighted by molar-refractivity contribution is 5.75. The second-order valence-corrected chi connectivity index (χ2v) is 2.81. The molecule has 0 saturated carbocycles. The smallest absolute Gasteiger partial charge is 0.357 e. The van der Waals surface area contributed by atoms with E-state index in [1.165, 1.54) is 0 Å². The molecule has 1 heterocycles. The molecule has 1 aromatic heterocycles. The van der Waals surface area contributed by atoms with E-state index in [0.717, 1.165) is 0 Å². The number of aromatic nitrogens is 1. The second kappa shape index (κ2) is 2.58. The molecule has 0 saturated heterocycles. The number of rotatable bonds is 0. The molecule has 0 aliphatic carbocycles. The van der Waals surface area contributed by atoms with E-state index in [0.29, 0.717) is 22.5 Å². The zero-order valence-corrected chi connectivity index (χ0v) is 7.07. The summed E-state index contributed by atoms with van der Waals surface area (Å²) in [5.74, 6) is 0. The Bertz CT molecular complexity index is 516. The van der Waals surface area contributed by atoms with Crippen LogP contribution in [0.25, 0.3) is 11.1 Å². The van der Waals surface area contributed by atoms with Gasteiger partial charge in [0.2, 0.25) is 0 Å². The van der Waals surface area contributed by atoms with Gasteiger partial charge in [-0.2, -0.15) is 0 Å². The SMILES string of the molecule is Cc1nc2ccc(N)cc2oc1=O. The van der Waals surface area contributed by atoms with Gasteiger partial charge >= 0.3 is 5.63 Å². The number of aryl methyl sites for hydroxylation is 1. The van der Waals surface area contributed by atoms with Gasteiger partial charge in [0.05, 0.1) is 0 Å². The summed E-state index contributed by atoms with van der Waals surface area (Å²) in [5, 5.41) is 0. The number of nitrogen functional groups attached to an aromatic ring is 1. The first-order valence-electron chi connectivity index (χ1n) is 3.84. The van der Waals surface area contributed by atoms with Crippen molar-refractivity contribution >= 4 is 16.8 Å². The lowest BCUT2D eigenvalue weighted by molar-refractivity contribution is 0.547. The van der Waals surface area contributed by atoms with Crippen LogP contribution in [0.4, 0.5) is 5.69 Å². The van der Waals surface area contributed by atoms with Crippen LogP contribution < -0.4 is 11.4 Å². The molecule has 1 aromatic carbocycles. The number of hydrogen-bond acceptors (Lipinski definition) is 4. The van der Waals surface area contributed by atoms with Crippen LogP contribution in [0.2, 0.25) is 0 Å². The van der Waals surface area contributed by atoms with Crippen LogP contribution in [0.5, 0.6) is 0 Å². The van der Waals surface area contributed by atoms with Crippen LogP contribution in [-0.2, 0) is 0 Å². The molecule has 4 heteroatoms. The minimum Gasteiger partial charge on any atom is -0.420 e. The monoisotopic (exact) mass is 176 g/mol. The molecule has 66 valence electrons. The molecule has 0 aliphatic rings. The highest BCUT2D eigenvalue weighted by Gasteiger charge is 2.01. The van der Waals surface area contributed by atoms with E-state index in [1.807, 2.05) is 0 Å². The van der Waals surface area contributed by atoms with E-state index >= 15 is 0 Å². The number of hydrogen-bond donors (Lipinski definition) is 1. The maximum atomic E-state index is 11.1. The Hall–Kier alpha value is -1.84. The molecule has 4 nitrogen and oxygen atoms in total. The molecule has 2 rings (SSSR count). The van der Waals surface area contributed by atoms with Crippen LogP contribution in [0.3, 0.4) is 0 Å². The van der Waals surface area contributed by atoms with Gasteiger partial charge in [0.25, 0.3) is 0 Å². The van der Waals surface area contributed by atoms with Crippen molar-refractivity contribution in [2.75, 3.05) is 5.73 Å². The topological polar surface area (TPSA) is 69.1 Å². The van der Waals surface area contributed by atoms with Crippen LogP contribution >= 0.6 is 0 Å². The molecule has 2 aromatic rings. The lowest BCUT2D eigenvalue weighted by atomic mass is 10.3. The van der Waals surface area contributed by atoms with Crippen molar-refractivity contribution in [2.45, 2.75) is 6.92 Å². The van der Waals surface area contributed by atoms with E-state index in [1.54, 1.807) is 25.1 Å². The molecule has 0 atom stereocenters. The third-order valence-corrected chi connectivity index (χ3v) is 1.77. The van der Waals surface area contributed by atoms with Gasteiger partial charge in [-0.1, -0.05) is 0 Å². The first-order valence-corrected chi connectivity index (χ1v) is 3.84. The maximum absolute atomic E-state index is 11.1. The van der Waals surface area contributed by atoms with E-state index in [2.05, 4.69) is 4.98 Å². The zero-order chi connectivity index (χ0) is 9.42. The van der Waals surface area contributed by atoms with E-state index in [4.69, 9.17) is 10.2 Å². The Balaban J connectivity index is 2.89. The first-order chi connectivity index (χ1) is 6.16. The predicted octanol–water partition coefficient (Wildman–Crippen LogP) is 1.08. The fraction of sp³-hybridized carbons (Fsp3) is 0.111. The molecular formula is C9H8N2O2. The van der Waals surface area contributed by atoms with Crippen molar-refractivity contribution in [1.82, 2.24) is 4.98 Å². The maximum Gasteiger partial charge on any atom is 0.357 e. The lowest BCUT2D eigenvalue weighted by Crippen LogP contribution is -2.05. The molecule has 0 bridgehead atoms. The van der Waals surface area contributed by atoms with Gasteiger partial charge in [-0.15, -0.1) is 0 Å². The highest BCUT2D eigenvalue weighted by Crippen LogP contribution is 2.13. The predicted molar refractivity (Wildman–Crippen MR) is 49.4 cm³/mol. The van der Waals surface area contributed by atoms with Crippen LogP contribution in [0.1, 0.15) is 5.69 Å². The molecule has 0 fully saturated rings. The summed E-state index contributed by atoms with van der Waals surface area (Å²) in [6.07, 6.45) is 0. The first kappa shape index (κ1) is 7.79. The third kappa shape index (κ3) is 1.26. The normalized spacial score (nSPS) is 10.5. The summed E-state index contributed by atoms with van der Waals surface area (Å²) in [5.41, 5.74) is 7.09. The Morgan fingerprint density at radius 2 is 2.23 bits per heavy atom. The zero-order valence-electron chi connectivity index (χ0n) is 7.07. The van der Waals surface area contributed by atoms with Gasteiger partial charge in [-0.3, -0.25) is 0 Å². The fourth-order valence-corrected chi connectivity index (χ4v) is 1.10. The lowest BCUT2D eigenvalue weighted by Gasteiger charge is -1.97. The van der Waals surface area contributed by atoms with E-state index < -0.39 is 5.63 Å². The molecule has 0 spiro atoms. The number of benzene rings is 1. The minimum atomic E-state index is -0.418.